The third-order valence-corrected chi connectivity index (χ3v) is 3.91. The van der Waals surface area contributed by atoms with Gasteiger partial charge in [-0.2, -0.15) is 0 Å². The summed E-state index contributed by atoms with van der Waals surface area (Å²) in [5.41, 5.74) is 0. The quantitative estimate of drug-likeness (QED) is 0.724. The molecule has 2 saturated heterocycles. The van der Waals surface area contributed by atoms with Crippen LogP contribution in [0.25, 0.3) is 0 Å². The molecule has 108 valence electrons. The zero-order chi connectivity index (χ0) is 13.7. The lowest BCUT2D eigenvalue weighted by Gasteiger charge is -2.34. The topological polar surface area (TPSA) is 32.8 Å². The van der Waals surface area contributed by atoms with Gasteiger partial charge >= 0.3 is 0 Å². The first-order valence-electron chi connectivity index (χ1n) is 7.40. The lowest BCUT2D eigenvalue weighted by molar-refractivity contribution is -0.128. The number of carbonyl (C=O) groups excluding carboxylic acids is 1. The molecule has 2 aliphatic heterocycles. The fraction of sp³-hybridized carbons (Fsp3) is 0.800. The van der Waals surface area contributed by atoms with E-state index in [0.717, 1.165) is 45.9 Å². The van der Waals surface area contributed by atoms with Crippen LogP contribution in [0.2, 0.25) is 0 Å². The van der Waals surface area contributed by atoms with Gasteiger partial charge in [-0.05, 0) is 18.3 Å². The number of hydrogen-bond donors (Lipinski definition) is 0. The maximum absolute atomic E-state index is 12.1. The molecule has 0 saturated carbocycles. The molecule has 2 atom stereocenters. The minimum absolute atomic E-state index is 0.173. The number of carbonyl (C=O) groups is 1. The van der Waals surface area contributed by atoms with Crippen LogP contribution in [0, 0.1) is 11.8 Å². The van der Waals surface area contributed by atoms with E-state index in [1.807, 2.05) is 11.0 Å². The normalized spacial score (nSPS) is 29.9. The minimum atomic E-state index is 0.173. The van der Waals surface area contributed by atoms with Crippen LogP contribution in [0.15, 0.2) is 12.2 Å². The highest BCUT2D eigenvalue weighted by molar-refractivity contribution is 5.87. The van der Waals surface area contributed by atoms with E-state index in [4.69, 9.17) is 4.74 Å². The summed E-state index contributed by atoms with van der Waals surface area (Å²) in [5, 5.41) is 0. The molecular formula is C15H26N2O2. The van der Waals surface area contributed by atoms with Crippen molar-refractivity contribution in [2.24, 2.45) is 11.8 Å². The molecule has 0 aromatic rings. The fourth-order valence-corrected chi connectivity index (χ4v) is 3.03. The van der Waals surface area contributed by atoms with Crippen molar-refractivity contribution >= 4 is 5.91 Å². The van der Waals surface area contributed by atoms with Crippen LogP contribution in [-0.2, 0) is 9.53 Å². The zero-order valence-corrected chi connectivity index (χ0v) is 12.2. The molecule has 0 spiro atoms. The summed E-state index contributed by atoms with van der Waals surface area (Å²) in [7, 11) is 0. The fourth-order valence-electron chi connectivity index (χ4n) is 3.03. The lowest BCUT2D eigenvalue weighted by Crippen LogP contribution is -2.42. The monoisotopic (exact) mass is 266 g/mol. The summed E-state index contributed by atoms with van der Waals surface area (Å²) in [6.45, 7) is 10.7. The van der Waals surface area contributed by atoms with Crippen molar-refractivity contribution in [1.82, 2.24) is 9.80 Å². The molecule has 2 aliphatic rings. The van der Waals surface area contributed by atoms with Gasteiger partial charge in [-0.1, -0.05) is 19.9 Å². The average molecular weight is 266 g/mol. The SMILES string of the molecule is CC1CC(C)CN(C(=O)/C=C/CN2CCOCC2)C1. The van der Waals surface area contributed by atoms with Crippen LogP contribution in [0.1, 0.15) is 20.3 Å². The van der Waals surface area contributed by atoms with Gasteiger partial charge in [0.25, 0.3) is 0 Å². The van der Waals surface area contributed by atoms with Gasteiger partial charge in [0.2, 0.25) is 5.91 Å². The van der Waals surface area contributed by atoms with Gasteiger partial charge in [-0.25, -0.2) is 0 Å². The molecule has 19 heavy (non-hydrogen) atoms. The van der Waals surface area contributed by atoms with Gasteiger partial charge in [0, 0.05) is 38.8 Å². The Bertz CT molecular complexity index is 314. The second-order valence-electron chi connectivity index (χ2n) is 6.00. The first kappa shape index (κ1) is 14.5. The van der Waals surface area contributed by atoms with Crippen LogP contribution in [0.4, 0.5) is 0 Å². The summed E-state index contributed by atoms with van der Waals surface area (Å²) >= 11 is 0. The minimum Gasteiger partial charge on any atom is -0.379 e. The highest BCUT2D eigenvalue weighted by atomic mass is 16.5. The summed E-state index contributed by atoms with van der Waals surface area (Å²) in [6.07, 6.45) is 4.99. The molecule has 0 radical (unpaired) electrons. The summed E-state index contributed by atoms with van der Waals surface area (Å²) < 4.78 is 5.30. The Hall–Kier alpha value is -0.870. The second-order valence-corrected chi connectivity index (χ2v) is 6.00. The Morgan fingerprint density at radius 1 is 1.21 bits per heavy atom. The molecular weight excluding hydrogens is 240 g/mol. The summed E-state index contributed by atoms with van der Waals surface area (Å²) in [6, 6.07) is 0. The molecule has 2 heterocycles. The predicted molar refractivity (Wildman–Crippen MR) is 75.9 cm³/mol. The van der Waals surface area contributed by atoms with E-state index in [0.29, 0.717) is 11.8 Å². The number of likely N-dealkylation sites (tertiary alicyclic amines) is 1. The molecule has 1 amide bonds. The van der Waals surface area contributed by atoms with Crippen molar-refractivity contribution in [3.05, 3.63) is 12.2 Å². The van der Waals surface area contributed by atoms with Gasteiger partial charge in [0.15, 0.2) is 0 Å². The first-order chi connectivity index (χ1) is 9.15. The van der Waals surface area contributed by atoms with Crippen LogP contribution in [-0.4, -0.2) is 61.6 Å². The molecule has 4 heteroatoms. The highest BCUT2D eigenvalue weighted by Gasteiger charge is 2.23. The standard InChI is InChI=1S/C15H26N2O2/c1-13-10-14(2)12-17(11-13)15(18)4-3-5-16-6-8-19-9-7-16/h3-4,13-14H,5-12H2,1-2H3/b4-3+. The molecule has 0 aliphatic carbocycles. The van der Waals surface area contributed by atoms with Crippen molar-refractivity contribution in [1.29, 1.82) is 0 Å². The number of nitrogens with zero attached hydrogens (tertiary/aromatic N) is 2. The smallest absolute Gasteiger partial charge is 0.246 e. The Balaban J connectivity index is 1.76. The van der Waals surface area contributed by atoms with Crippen molar-refractivity contribution in [2.45, 2.75) is 20.3 Å². The maximum atomic E-state index is 12.1. The number of morpholine rings is 1. The van der Waals surface area contributed by atoms with E-state index in [1.54, 1.807) is 6.08 Å². The Morgan fingerprint density at radius 2 is 1.84 bits per heavy atom. The molecule has 0 aromatic heterocycles. The molecule has 0 aromatic carbocycles. The number of piperidine rings is 1. The van der Waals surface area contributed by atoms with Gasteiger partial charge in [-0.3, -0.25) is 9.69 Å². The molecule has 0 bridgehead atoms. The predicted octanol–water partition coefficient (Wildman–Crippen LogP) is 1.38. The van der Waals surface area contributed by atoms with Crippen molar-refractivity contribution in [3.8, 4) is 0 Å². The zero-order valence-electron chi connectivity index (χ0n) is 12.2. The third kappa shape index (κ3) is 4.62. The molecule has 4 nitrogen and oxygen atoms in total. The molecule has 2 rings (SSSR count). The second kappa shape index (κ2) is 7.06. The Kier molecular flexibility index (Phi) is 5.40. The maximum Gasteiger partial charge on any atom is 0.246 e. The van der Waals surface area contributed by atoms with E-state index >= 15 is 0 Å². The number of rotatable bonds is 3. The van der Waals surface area contributed by atoms with Crippen molar-refractivity contribution in [3.63, 3.8) is 0 Å². The van der Waals surface area contributed by atoms with Crippen LogP contribution < -0.4 is 0 Å². The molecule has 0 N–H and O–H groups in total. The number of hydrogen-bond acceptors (Lipinski definition) is 3. The van der Waals surface area contributed by atoms with E-state index in [-0.39, 0.29) is 5.91 Å². The highest BCUT2D eigenvalue weighted by Crippen LogP contribution is 2.20. The Labute approximate surface area is 116 Å². The average Bonchev–Trinajstić information content (AvgIpc) is 2.38. The number of ether oxygens (including phenoxy) is 1. The van der Waals surface area contributed by atoms with Gasteiger partial charge in [-0.15, -0.1) is 0 Å². The third-order valence-electron chi connectivity index (χ3n) is 3.91. The summed E-state index contributed by atoms with van der Waals surface area (Å²) in [4.78, 5) is 16.4. The van der Waals surface area contributed by atoms with E-state index < -0.39 is 0 Å². The Morgan fingerprint density at radius 3 is 2.47 bits per heavy atom. The first-order valence-corrected chi connectivity index (χ1v) is 7.40. The van der Waals surface area contributed by atoms with Crippen LogP contribution >= 0.6 is 0 Å². The van der Waals surface area contributed by atoms with Gasteiger partial charge in [0.1, 0.15) is 0 Å². The molecule has 2 unspecified atom stereocenters. The van der Waals surface area contributed by atoms with Crippen molar-refractivity contribution < 1.29 is 9.53 Å². The van der Waals surface area contributed by atoms with Gasteiger partial charge in [0.05, 0.1) is 13.2 Å². The lowest BCUT2D eigenvalue weighted by atomic mass is 9.92. The van der Waals surface area contributed by atoms with Crippen LogP contribution in [0.3, 0.4) is 0 Å². The van der Waals surface area contributed by atoms with Crippen LogP contribution in [0.5, 0.6) is 0 Å². The van der Waals surface area contributed by atoms with E-state index in [9.17, 15) is 4.79 Å². The van der Waals surface area contributed by atoms with E-state index in [2.05, 4.69) is 18.7 Å². The summed E-state index contributed by atoms with van der Waals surface area (Å²) in [5.74, 6) is 1.42. The van der Waals surface area contributed by atoms with Gasteiger partial charge < -0.3 is 9.64 Å². The molecule has 2 fully saturated rings. The van der Waals surface area contributed by atoms with Crippen molar-refractivity contribution in [2.75, 3.05) is 45.9 Å². The number of amides is 1. The van der Waals surface area contributed by atoms with E-state index in [1.165, 1.54) is 6.42 Å². The largest absolute Gasteiger partial charge is 0.379 e.